The lowest BCUT2D eigenvalue weighted by atomic mass is 10.2. The highest BCUT2D eigenvalue weighted by molar-refractivity contribution is 5.56. The molecule has 0 bridgehead atoms. The second kappa shape index (κ2) is 8.44. The quantitative estimate of drug-likeness (QED) is 0.442. The van der Waals surface area contributed by atoms with Crippen molar-refractivity contribution in [1.82, 2.24) is 0 Å². The molecule has 0 aliphatic carbocycles. The number of ether oxygens (including phenoxy) is 2. The van der Waals surface area contributed by atoms with Gasteiger partial charge in [0.2, 0.25) is 12.2 Å². The van der Waals surface area contributed by atoms with Crippen molar-refractivity contribution in [2.75, 3.05) is 13.2 Å². The lowest BCUT2D eigenvalue weighted by Gasteiger charge is -2.10. The van der Waals surface area contributed by atoms with E-state index in [1.54, 1.807) is 36.4 Å². The van der Waals surface area contributed by atoms with E-state index < -0.39 is 0 Å². The Morgan fingerprint density at radius 1 is 0.792 bits per heavy atom. The molecule has 2 aromatic rings. The monoisotopic (exact) mass is 324 g/mol. The predicted molar refractivity (Wildman–Crippen MR) is 88.9 cm³/mol. The van der Waals surface area contributed by atoms with Gasteiger partial charge in [0.1, 0.15) is 24.7 Å². The van der Waals surface area contributed by atoms with Crippen LogP contribution in [0.4, 0.5) is 11.4 Å². The molecule has 0 unspecified atom stereocenters. The van der Waals surface area contributed by atoms with Crippen LogP contribution in [-0.2, 0) is 9.59 Å². The Balaban J connectivity index is 1.87. The van der Waals surface area contributed by atoms with Gasteiger partial charge < -0.3 is 9.47 Å². The van der Waals surface area contributed by atoms with Gasteiger partial charge in [-0.1, -0.05) is 0 Å². The first-order chi connectivity index (χ1) is 11.6. The van der Waals surface area contributed by atoms with Crippen molar-refractivity contribution in [1.29, 1.82) is 0 Å². The van der Waals surface area contributed by atoms with Crippen LogP contribution >= 0.6 is 0 Å². The van der Waals surface area contributed by atoms with Crippen molar-refractivity contribution in [2.45, 2.75) is 13.8 Å². The van der Waals surface area contributed by atoms with Crippen LogP contribution in [-0.4, -0.2) is 25.4 Å². The number of hydrogen-bond acceptors (Lipinski definition) is 6. The van der Waals surface area contributed by atoms with Crippen molar-refractivity contribution in [2.24, 2.45) is 9.98 Å². The van der Waals surface area contributed by atoms with Gasteiger partial charge in [0.15, 0.2) is 0 Å². The summed E-state index contributed by atoms with van der Waals surface area (Å²) in [7, 11) is 0. The molecule has 0 fully saturated rings. The average Bonchev–Trinajstić information content (AvgIpc) is 2.56. The Morgan fingerprint density at radius 3 is 1.54 bits per heavy atom. The molecule has 24 heavy (non-hydrogen) atoms. The number of aliphatic imine (C=N–C) groups is 2. The fourth-order valence-corrected chi connectivity index (χ4v) is 2.10. The summed E-state index contributed by atoms with van der Waals surface area (Å²) in [5.41, 5.74) is 2.81. The van der Waals surface area contributed by atoms with E-state index in [1.807, 2.05) is 13.8 Å². The maximum absolute atomic E-state index is 10.3. The molecule has 0 atom stereocenters. The van der Waals surface area contributed by atoms with E-state index in [1.165, 1.54) is 12.2 Å². The minimum atomic E-state index is 0.364. The summed E-state index contributed by atoms with van der Waals surface area (Å²) in [5, 5.41) is 0. The largest absolute Gasteiger partial charge is 0.490 e. The molecule has 6 heteroatoms. The van der Waals surface area contributed by atoms with Gasteiger partial charge in [-0.15, -0.1) is 0 Å². The minimum Gasteiger partial charge on any atom is -0.490 e. The normalized spacial score (nSPS) is 9.58. The van der Waals surface area contributed by atoms with Crippen molar-refractivity contribution in [3.8, 4) is 11.5 Å². The van der Waals surface area contributed by atoms with Gasteiger partial charge >= 0.3 is 0 Å². The van der Waals surface area contributed by atoms with Gasteiger partial charge in [-0.25, -0.2) is 9.59 Å². The molecule has 122 valence electrons. The maximum Gasteiger partial charge on any atom is 0.240 e. The zero-order chi connectivity index (χ0) is 17.4. The second-order valence-electron chi connectivity index (χ2n) is 5.00. The van der Waals surface area contributed by atoms with E-state index in [4.69, 9.17) is 9.47 Å². The summed E-state index contributed by atoms with van der Waals surface area (Å²) in [6, 6.07) is 10.5. The molecule has 0 N–H and O–H groups in total. The predicted octanol–water partition coefficient (Wildman–Crippen LogP) is 3.70. The lowest BCUT2D eigenvalue weighted by molar-refractivity contribution is 0.217. The smallest absolute Gasteiger partial charge is 0.240 e. The van der Waals surface area contributed by atoms with Crippen LogP contribution in [0.5, 0.6) is 11.5 Å². The molecule has 0 saturated carbocycles. The Hall–Kier alpha value is -3.20. The zero-order valence-corrected chi connectivity index (χ0v) is 13.4. The van der Waals surface area contributed by atoms with Crippen LogP contribution < -0.4 is 9.47 Å². The van der Waals surface area contributed by atoms with Crippen LogP contribution in [0.2, 0.25) is 0 Å². The summed E-state index contributed by atoms with van der Waals surface area (Å²) in [5.74, 6) is 1.35. The molecular formula is C18H16N2O4. The van der Waals surface area contributed by atoms with Crippen molar-refractivity contribution in [3.05, 3.63) is 47.5 Å². The Kier molecular flexibility index (Phi) is 6.03. The third-order valence-corrected chi connectivity index (χ3v) is 3.29. The molecule has 0 heterocycles. The Morgan fingerprint density at radius 2 is 1.21 bits per heavy atom. The summed E-state index contributed by atoms with van der Waals surface area (Å²) in [4.78, 5) is 27.7. The van der Waals surface area contributed by atoms with Crippen LogP contribution in [0.25, 0.3) is 0 Å². The summed E-state index contributed by atoms with van der Waals surface area (Å²) in [6.07, 6.45) is 3.03. The van der Waals surface area contributed by atoms with Crippen molar-refractivity contribution >= 4 is 23.5 Å². The number of rotatable bonds is 7. The molecule has 0 saturated heterocycles. The number of isocyanates is 2. The van der Waals surface area contributed by atoms with E-state index in [0.29, 0.717) is 36.1 Å². The van der Waals surface area contributed by atoms with E-state index in [2.05, 4.69) is 9.98 Å². The average molecular weight is 324 g/mol. The first kappa shape index (κ1) is 17.2. The van der Waals surface area contributed by atoms with Gasteiger partial charge in [-0.2, -0.15) is 9.98 Å². The van der Waals surface area contributed by atoms with E-state index in [-0.39, 0.29) is 0 Å². The van der Waals surface area contributed by atoms with Gasteiger partial charge in [0.05, 0.1) is 11.4 Å². The van der Waals surface area contributed by atoms with E-state index in [9.17, 15) is 9.59 Å². The fraction of sp³-hybridized carbons (Fsp3) is 0.222. The van der Waals surface area contributed by atoms with Crippen LogP contribution in [0, 0.1) is 13.8 Å². The summed E-state index contributed by atoms with van der Waals surface area (Å²) < 4.78 is 11.2. The minimum absolute atomic E-state index is 0.364. The zero-order valence-electron chi connectivity index (χ0n) is 13.4. The molecule has 0 radical (unpaired) electrons. The molecule has 0 spiro atoms. The van der Waals surface area contributed by atoms with Crippen LogP contribution in [0.15, 0.2) is 46.4 Å². The summed E-state index contributed by atoms with van der Waals surface area (Å²) in [6.45, 7) is 4.41. The lowest BCUT2D eigenvalue weighted by Crippen LogP contribution is -2.09. The highest BCUT2D eigenvalue weighted by atomic mass is 16.5. The number of nitrogens with zero attached hydrogens (tertiary/aromatic N) is 2. The van der Waals surface area contributed by atoms with Gasteiger partial charge in [0.25, 0.3) is 0 Å². The highest BCUT2D eigenvalue weighted by Crippen LogP contribution is 2.24. The van der Waals surface area contributed by atoms with E-state index in [0.717, 1.165) is 11.1 Å². The van der Waals surface area contributed by atoms with Gasteiger partial charge in [-0.3, -0.25) is 0 Å². The molecule has 0 aliphatic heterocycles. The molecule has 0 amide bonds. The van der Waals surface area contributed by atoms with E-state index >= 15 is 0 Å². The highest BCUT2D eigenvalue weighted by Gasteiger charge is 2.02. The van der Waals surface area contributed by atoms with Gasteiger partial charge in [-0.05, 0) is 61.4 Å². The Bertz CT molecular complexity index is 750. The molecular weight excluding hydrogens is 308 g/mol. The molecule has 0 aliphatic rings. The standard InChI is InChI=1S/C18H16N2O4/c1-13-9-15(3-5-17(13)19-11-21)23-7-8-24-16-4-6-18(20-12-22)14(2)10-16/h3-6,9-10H,7-8H2,1-2H3. The van der Waals surface area contributed by atoms with Crippen molar-refractivity contribution in [3.63, 3.8) is 0 Å². The van der Waals surface area contributed by atoms with Crippen LogP contribution in [0.1, 0.15) is 11.1 Å². The number of hydrogen-bond donors (Lipinski definition) is 0. The summed E-state index contributed by atoms with van der Waals surface area (Å²) >= 11 is 0. The first-order valence-electron chi connectivity index (χ1n) is 7.26. The number of carbonyl (C=O) groups excluding carboxylic acids is 2. The fourth-order valence-electron chi connectivity index (χ4n) is 2.10. The third kappa shape index (κ3) is 4.65. The topological polar surface area (TPSA) is 77.3 Å². The third-order valence-electron chi connectivity index (χ3n) is 3.29. The molecule has 6 nitrogen and oxygen atoms in total. The first-order valence-corrected chi connectivity index (χ1v) is 7.26. The van der Waals surface area contributed by atoms with Crippen LogP contribution in [0.3, 0.4) is 0 Å². The molecule has 2 rings (SSSR count). The van der Waals surface area contributed by atoms with Crippen molar-refractivity contribution < 1.29 is 19.1 Å². The number of benzene rings is 2. The van der Waals surface area contributed by atoms with Gasteiger partial charge in [0, 0.05) is 0 Å². The molecule has 0 aromatic heterocycles. The number of aryl methyl sites for hydroxylation is 2. The Labute approximate surface area is 139 Å². The second-order valence-corrected chi connectivity index (χ2v) is 5.00. The SMILES string of the molecule is Cc1cc(OCCOc2ccc(N=C=O)c(C)c2)ccc1N=C=O. The molecule has 2 aromatic carbocycles. The maximum atomic E-state index is 10.3.